The number of carbonyl (C=O) groups excluding carboxylic acids is 3. The molecule has 0 saturated carbocycles. The molecule has 1 aliphatic heterocycles. The Bertz CT molecular complexity index is 766. The average Bonchev–Trinajstić information content (AvgIpc) is 2.76. The molecule has 23 heavy (non-hydrogen) atoms. The summed E-state index contributed by atoms with van der Waals surface area (Å²) < 4.78 is -0.642. The first-order chi connectivity index (χ1) is 11.0. The van der Waals surface area contributed by atoms with Gasteiger partial charge in [-0.1, -0.05) is 42.5 Å². The minimum Gasteiger partial charge on any atom is -0.274 e. The topological polar surface area (TPSA) is 51.2 Å². The van der Waals surface area contributed by atoms with Crippen LogP contribution >= 0.6 is 11.6 Å². The third-order valence-electron chi connectivity index (χ3n) is 4.39. The number of nitrogens with zero attached hydrogens (tertiary/aromatic N) is 1. The minimum atomic E-state index is -0.952. The number of likely N-dealkylation sites (N-methyl/N-ethyl adjacent to an activating group) is 1. The van der Waals surface area contributed by atoms with E-state index in [1.165, 1.54) is 7.05 Å². The van der Waals surface area contributed by atoms with Crippen molar-refractivity contribution in [3.8, 4) is 0 Å². The molecule has 0 bridgehead atoms. The molecule has 2 amide bonds. The molecule has 2 aromatic rings. The molecule has 1 unspecified atom stereocenters. The van der Waals surface area contributed by atoms with E-state index in [9.17, 15) is 14.4 Å². The molecule has 1 heterocycles. The van der Waals surface area contributed by atoms with Crippen molar-refractivity contribution >= 4 is 28.7 Å². The molecule has 1 atom stereocenters. The highest BCUT2D eigenvalue weighted by Gasteiger charge is 2.57. The predicted octanol–water partition coefficient (Wildman–Crippen LogP) is 2.80. The van der Waals surface area contributed by atoms with Gasteiger partial charge < -0.3 is 0 Å². The first-order valence-electron chi connectivity index (χ1n) is 7.24. The zero-order valence-corrected chi connectivity index (χ0v) is 13.3. The third kappa shape index (κ3) is 2.40. The highest BCUT2D eigenvalue weighted by molar-refractivity contribution is 6.64. The Balaban J connectivity index is 2.05. The second kappa shape index (κ2) is 5.72. The number of hydrogen-bond acceptors (Lipinski definition) is 3. The Morgan fingerprint density at radius 1 is 0.957 bits per heavy atom. The van der Waals surface area contributed by atoms with Gasteiger partial charge in [-0.2, -0.15) is 4.48 Å². The number of quaternary nitrogens is 1. The number of amides is 2. The van der Waals surface area contributed by atoms with Crippen LogP contribution in [-0.2, 0) is 11.2 Å². The fraction of sp³-hybridized carbons (Fsp3) is 0.167. The van der Waals surface area contributed by atoms with Gasteiger partial charge in [-0.15, -0.1) is 0 Å². The number of halogens is 1. The van der Waals surface area contributed by atoms with Crippen LogP contribution in [0.4, 0.5) is 0 Å². The van der Waals surface area contributed by atoms with Crippen LogP contribution in [0.25, 0.3) is 0 Å². The summed E-state index contributed by atoms with van der Waals surface area (Å²) in [5.74, 6) is -0.777. The van der Waals surface area contributed by atoms with Crippen molar-refractivity contribution in [3.05, 3.63) is 71.3 Å². The van der Waals surface area contributed by atoms with Crippen LogP contribution in [0.5, 0.6) is 0 Å². The monoisotopic (exact) mass is 328 g/mol. The first-order valence-corrected chi connectivity index (χ1v) is 7.62. The Kier molecular flexibility index (Phi) is 3.88. The maximum absolute atomic E-state index is 12.8. The summed E-state index contributed by atoms with van der Waals surface area (Å²) in [6, 6.07) is 14.9. The van der Waals surface area contributed by atoms with Crippen molar-refractivity contribution in [1.29, 1.82) is 0 Å². The van der Waals surface area contributed by atoms with Crippen LogP contribution in [0.1, 0.15) is 26.3 Å². The number of imide groups is 1. The van der Waals surface area contributed by atoms with Gasteiger partial charge in [0.2, 0.25) is 0 Å². The lowest BCUT2D eigenvalue weighted by molar-refractivity contribution is -0.758. The van der Waals surface area contributed by atoms with Crippen molar-refractivity contribution in [2.24, 2.45) is 0 Å². The smallest absolute Gasteiger partial charge is 0.274 e. The van der Waals surface area contributed by atoms with Gasteiger partial charge in [0.25, 0.3) is 5.24 Å². The number of carbonyl (C=O) groups is 3. The van der Waals surface area contributed by atoms with Crippen LogP contribution in [0, 0.1) is 0 Å². The molecule has 5 heteroatoms. The molecule has 0 aliphatic carbocycles. The normalized spacial score (nSPS) is 17.0. The van der Waals surface area contributed by atoms with E-state index in [4.69, 9.17) is 11.6 Å². The molecule has 0 spiro atoms. The Labute approximate surface area is 138 Å². The van der Waals surface area contributed by atoms with E-state index in [-0.39, 0.29) is 18.2 Å². The van der Waals surface area contributed by atoms with Gasteiger partial charge in [-0.25, -0.2) is 9.59 Å². The quantitative estimate of drug-likeness (QED) is 0.492. The van der Waals surface area contributed by atoms with E-state index in [1.54, 1.807) is 24.3 Å². The van der Waals surface area contributed by atoms with Crippen molar-refractivity contribution in [3.63, 3.8) is 0 Å². The lowest BCUT2D eigenvalue weighted by Crippen LogP contribution is -2.59. The molecular formula is C18H15ClNO3+. The Hall–Kier alpha value is -2.30. The predicted molar refractivity (Wildman–Crippen MR) is 86.1 cm³/mol. The number of fused-ring (bicyclic) bond motifs is 1. The Morgan fingerprint density at radius 2 is 1.43 bits per heavy atom. The van der Waals surface area contributed by atoms with Gasteiger partial charge in [0.1, 0.15) is 0 Å². The second-order valence-corrected chi connectivity index (χ2v) is 6.11. The molecule has 0 saturated heterocycles. The van der Waals surface area contributed by atoms with Gasteiger partial charge >= 0.3 is 11.8 Å². The van der Waals surface area contributed by atoms with Crippen molar-refractivity contribution in [2.75, 3.05) is 7.05 Å². The minimum absolute atomic E-state index is 0.227. The zero-order chi connectivity index (χ0) is 16.6. The zero-order valence-electron chi connectivity index (χ0n) is 12.5. The van der Waals surface area contributed by atoms with Crippen LogP contribution in [0.15, 0.2) is 54.6 Å². The maximum Gasteiger partial charge on any atom is 0.354 e. The van der Waals surface area contributed by atoms with Gasteiger partial charge in [0, 0.05) is 6.42 Å². The second-order valence-electron chi connectivity index (χ2n) is 5.74. The molecule has 0 radical (unpaired) electrons. The average molecular weight is 329 g/mol. The molecule has 116 valence electrons. The van der Waals surface area contributed by atoms with E-state index in [1.807, 2.05) is 30.3 Å². The summed E-state index contributed by atoms with van der Waals surface area (Å²) in [4.78, 5) is 37.6. The van der Waals surface area contributed by atoms with Crippen LogP contribution in [-0.4, -0.2) is 34.6 Å². The molecule has 3 rings (SSSR count). The van der Waals surface area contributed by atoms with E-state index in [0.29, 0.717) is 11.1 Å². The largest absolute Gasteiger partial charge is 0.354 e. The third-order valence-corrected chi connectivity index (χ3v) is 4.64. The van der Waals surface area contributed by atoms with E-state index in [2.05, 4.69) is 0 Å². The molecule has 4 nitrogen and oxygen atoms in total. The van der Waals surface area contributed by atoms with Crippen LogP contribution in [0.3, 0.4) is 0 Å². The highest BCUT2D eigenvalue weighted by Crippen LogP contribution is 2.33. The first kappa shape index (κ1) is 15.6. The fourth-order valence-electron chi connectivity index (χ4n) is 3.04. The van der Waals surface area contributed by atoms with E-state index < -0.39 is 15.8 Å². The molecule has 0 aromatic heterocycles. The molecule has 2 aromatic carbocycles. The standard InChI is InChI=1S/C18H15ClNO3/c1-20(15(16(19)21)11-12-7-3-2-4-8-12)17(22)13-9-5-6-10-14(13)18(20)23/h2-10,15H,11H2,1H3/q+1. The van der Waals surface area contributed by atoms with E-state index in [0.717, 1.165) is 5.56 Å². The van der Waals surface area contributed by atoms with Gasteiger partial charge in [-0.3, -0.25) is 4.79 Å². The SMILES string of the molecule is C[N+]1(C(Cc2ccccc2)C(=O)Cl)C(=O)c2ccccc2C1=O. The summed E-state index contributed by atoms with van der Waals surface area (Å²) >= 11 is 5.78. The molecular weight excluding hydrogens is 314 g/mol. The highest BCUT2D eigenvalue weighted by atomic mass is 35.5. The molecule has 0 fully saturated rings. The lowest BCUT2D eigenvalue weighted by atomic mass is 10.0. The van der Waals surface area contributed by atoms with E-state index >= 15 is 0 Å². The van der Waals surface area contributed by atoms with Crippen molar-refractivity contribution in [2.45, 2.75) is 12.5 Å². The Morgan fingerprint density at radius 3 is 1.91 bits per heavy atom. The molecule has 1 aliphatic rings. The summed E-state index contributed by atoms with van der Waals surface area (Å²) in [5, 5.41) is -0.689. The van der Waals surface area contributed by atoms with Crippen molar-refractivity contribution < 1.29 is 18.9 Å². The van der Waals surface area contributed by atoms with Crippen LogP contribution in [0.2, 0.25) is 0 Å². The fourth-order valence-corrected chi connectivity index (χ4v) is 3.31. The van der Waals surface area contributed by atoms with Gasteiger partial charge in [-0.05, 0) is 29.3 Å². The molecule has 0 N–H and O–H groups in total. The van der Waals surface area contributed by atoms with Gasteiger partial charge in [0.15, 0.2) is 6.04 Å². The van der Waals surface area contributed by atoms with Crippen LogP contribution < -0.4 is 0 Å². The summed E-state index contributed by atoms with van der Waals surface area (Å²) in [7, 11) is 1.47. The number of benzene rings is 2. The maximum atomic E-state index is 12.8. The summed E-state index contributed by atoms with van der Waals surface area (Å²) in [6.45, 7) is 0. The lowest BCUT2D eigenvalue weighted by Gasteiger charge is -2.30. The summed E-state index contributed by atoms with van der Waals surface area (Å²) in [5.41, 5.74) is 1.54. The summed E-state index contributed by atoms with van der Waals surface area (Å²) in [6.07, 6.45) is 0.227. The van der Waals surface area contributed by atoms with Gasteiger partial charge in [0.05, 0.1) is 18.2 Å². The number of rotatable bonds is 4. The number of hydrogen-bond donors (Lipinski definition) is 0. The van der Waals surface area contributed by atoms with Crippen molar-refractivity contribution in [1.82, 2.24) is 0 Å².